The van der Waals surface area contributed by atoms with Gasteiger partial charge in [-0.2, -0.15) is 4.99 Å². The third-order valence-corrected chi connectivity index (χ3v) is 6.27. The number of amidine groups is 1. The molecule has 0 aliphatic rings. The number of aliphatic imine (C=N–C) groups is 1. The van der Waals surface area contributed by atoms with E-state index in [2.05, 4.69) is 9.89 Å². The van der Waals surface area contributed by atoms with Gasteiger partial charge in [0.05, 0.1) is 19.8 Å². The lowest BCUT2D eigenvalue weighted by Crippen LogP contribution is -3.00. The molecule has 0 unspecified atom stereocenters. The minimum Gasteiger partial charge on any atom is -1.00 e. The zero-order valence-corrected chi connectivity index (χ0v) is 20.1. The van der Waals surface area contributed by atoms with Gasteiger partial charge >= 0.3 is 9.93 Å². The molecule has 1 aromatic carbocycles. The van der Waals surface area contributed by atoms with Gasteiger partial charge in [-0.1, -0.05) is 30.0 Å². The molecule has 5 nitrogen and oxygen atoms in total. The molecular weight excluding hydrogens is 505 g/mol. The Kier molecular flexibility index (Phi) is 9.49. The predicted octanol–water partition coefficient (Wildman–Crippen LogP) is -0.0560. The van der Waals surface area contributed by atoms with Gasteiger partial charge in [-0.05, 0) is 40.9 Å². The number of rotatable bonds is 2. The van der Waals surface area contributed by atoms with Crippen molar-refractivity contribution in [2.45, 2.75) is 0 Å². The Morgan fingerprint density at radius 2 is 1.84 bits per heavy atom. The quantitative estimate of drug-likeness (QED) is 0.137. The van der Waals surface area contributed by atoms with Gasteiger partial charge in [0.2, 0.25) is 0 Å². The standard InChI is InChI=1S/C15H20N5S4.HI/c1-18(2)12(21)16-14(22-5)20(11-9-7-6-8-10-11)15-17-13(19(3)4)23-24-15;/h6-10H,1-5H3;1H/q+1;/p-1. The van der Waals surface area contributed by atoms with Crippen LogP contribution in [0.25, 0.3) is 0 Å². The smallest absolute Gasteiger partial charge is 0.390 e. The average molecular weight is 526 g/mol. The summed E-state index contributed by atoms with van der Waals surface area (Å²) in [5, 5.41) is 2.21. The molecule has 0 bridgehead atoms. The molecule has 0 saturated heterocycles. The molecule has 0 atom stereocenters. The van der Waals surface area contributed by atoms with Crippen LogP contribution in [0.5, 0.6) is 0 Å². The highest BCUT2D eigenvalue weighted by atomic mass is 127. The fourth-order valence-corrected chi connectivity index (χ4v) is 4.67. The van der Waals surface area contributed by atoms with Gasteiger partial charge in [-0.15, -0.1) is 0 Å². The second-order valence-corrected chi connectivity index (χ2v) is 8.39. The third-order valence-electron chi connectivity index (χ3n) is 2.92. The molecule has 0 fully saturated rings. The molecule has 2 aromatic rings. The Balaban J connectivity index is 0.00000312. The highest BCUT2D eigenvalue weighted by molar-refractivity contribution is 8.13. The van der Waals surface area contributed by atoms with Gasteiger partial charge < -0.3 is 28.9 Å². The lowest BCUT2D eigenvalue weighted by atomic mass is 10.3. The summed E-state index contributed by atoms with van der Waals surface area (Å²) in [5.74, 6) is 0. The second kappa shape index (κ2) is 10.6. The van der Waals surface area contributed by atoms with E-state index in [-0.39, 0.29) is 24.0 Å². The van der Waals surface area contributed by atoms with Gasteiger partial charge in [0.15, 0.2) is 10.3 Å². The Morgan fingerprint density at radius 1 is 1.20 bits per heavy atom. The van der Waals surface area contributed by atoms with Gasteiger partial charge in [0.25, 0.3) is 0 Å². The number of hydrogen-bond acceptors (Lipinski definition) is 5. The summed E-state index contributed by atoms with van der Waals surface area (Å²) < 4.78 is 2.01. The lowest BCUT2D eigenvalue weighted by Gasteiger charge is -2.20. The van der Waals surface area contributed by atoms with E-state index >= 15 is 0 Å². The van der Waals surface area contributed by atoms with E-state index in [1.54, 1.807) is 32.4 Å². The van der Waals surface area contributed by atoms with E-state index in [1.807, 2.05) is 74.3 Å². The molecule has 10 heteroatoms. The number of anilines is 2. The third kappa shape index (κ3) is 5.98. The first-order valence-electron chi connectivity index (χ1n) is 7.10. The van der Waals surface area contributed by atoms with Crippen LogP contribution in [0.1, 0.15) is 0 Å². The molecule has 136 valence electrons. The number of para-hydroxylation sites is 1. The predicted molar refractivity (Wildman–Crippen MR) is 113 cm³/mol. The maximum atomic E-state index is 5.36. The van der Waals surface area contributed by atoms with E-state index < -0.39 is 0 Å². The Hall–Kier alpha value is -0.560. The first-order chi connectivity index (χ1) is 11.4. The molecule has 0 aliphatic carbocycles. The van der Waals surface area contributed by atoms with E-state index in [0.29, 0.717) is 5.11 Å². The molecular formula is C15H20IN5S4. The highest BCUT2D eigenvalue weighted by Gasteiger charge is 2.24. The first kappa shape index (κ1) is 22.5. The number of nitrogens with zero attached hydrogens (tertiary/aromatic N) is 5. The number of aromatic nitrogens is 1. The zero-order chi connectivity index (χ0) is 17.7. The Bertz CT molecular complexity index is 794. The minimum atomic E-state index is 0. The van der Waals surface area contributed by atoms with Gasteiger partial charge in [0, 0.05) is 29.4 Å². The monoisotopic (exact) mass is 525 g/mol. The van der Waals surface area contributed by atoms with Crippen molar-refractivity contribution < 1.29 is 24.0 Å². The molecule has 1 aromatic heterocycles. The summed E-state index contributed by atoms with van der Waals surface area (Å²) in [7, 11) is 11.0. The van der Waals surface area contributed by atoms with Crippen molar-refractivity contribution in [1.82, 2.24) is 14.5 Å². The number of thiocarbonyl (C=S) groups is 1. The van der Waals surface area contributed by atoms with Crippen molar-refractivity contribution in [3.05, 3.63) is 35.1 Å². The first-order valence-corrected chi connectivity index (χ1v) is 10.9. The summed E-state index contributed by atoms with van der Waals surface area (Å²) in [5.41, 5.74) is 1.01. The molecule has 0 aliphatic heterocycles. The SMILES string of the molecule is CSC(=NC(=S)N(C)C)N(c1ccccc1)c1nc(=[N+](C)C)ss1.[I-]. The normalized spacial score (nSPS) is 10.8. The average Bonchev–Trinajstić information content (AvgIpc) is 3.04. The maximum Gasteiger partial charge on any atom is 0.390 e. The van der Waals surface area contributed by atoms with E-state index in [9.17, 15) is 0 Å². The van der Waals surface area contributed by atoms with Crippen LogP contribution in [0, 0.1) is 0 Å². The van der Waals surface area contributed by atoms with Crippen molar-refractivity contribution in [2.75, 3.05) is 39.3 Å². The van der Waals surface area contributed by atoms with Crippen LogP contribution in [0.15, 0.2) is 35.3 Å². The molecule has 0 amide bonds. The van der Waals surface area contributed by atoms with Crippen molar-refractivity contribution >= 4 is 65.8 Å². The Labute approximate surface area is 182 Å². The Morgan fingerprint density at radius 3 is 2.32 bits per heavy atom. The van der Waals surface area contributed by atoms with Crippen molar-refractivity contribution in [3.63, 3.8) is 0 Å². The van der Waals surface area contributed by atoms with E-state index in [1.165, 1.54) is 0 Å². The largest absolute Gasteiger partial charge is 1.00 e. The molecule has 1 heterocycles. The minimum absolute atomic E-state index is 0. The summed E-state index contributed by atoms with van der Waals surface area (Å²) >= 11 is 6.91. The second-order valence-electron chi connectivity index (χ2n) is 5.18. The van der Waals surface area contributed by atoms with E-state index in [4.69, 9.17) is 17.2 Å². The van der Waals surface area contributed by atoms with Gasteiger partial charge in [-0.25, -0.2) is 4.90 Å². The lowest BCUT2D eigenvalue weighted by molar-refractivity contribution is -0.00000482. The van der Waals surface area contributed by atoms with Crippen molar-refractivity contribution in [2.24, 2.45) is 4.99 Å². The number of benzene rings is 1. The molecule has 25 heavy (non-hydrogen) atoms. The summed E-state index contributed by atoms with van der Waals surface area (Å²) in [6.07, 6.45) is 2.00. The molecule has 0 saturated carbocycles. The summed E-state index contributed by atoms with van der Waals surface area (Å²) in [4.78, 5) is 14.2. The van der Waals surface area contributed by atoms with Crippen molar-refractivity contribution in [3.8, 4) is 0 Å². The molecule has 2 rings (SSSR count). The van der Waals surface area contributed by atoms with Crippen LogP contribution in [0.4, 0.5) is 10.8 Å². The van der Waals surface area contributed by atoms with Crippen LogP contribution in [0.2, 0.25) is 0 Å². The topological polar surface area (TPSA) is 34.7 Å². The summed E-state index contributed by atoms with van der Waals surface area (Å²) in [6, 6.07) is 10.1. The molecule has 0 spiro atoms. The van der Waals surface area contributed by atoms with Crippen LogP contribution in [-0.4, -0.2) is 54.6 Å². The van der Waals surface area contributed by atoms with Crippen LogP contribution in [0.3, 0.4) is 0 Å². The van der Waals surface area contributed by atoms with Gasteiger partial charge in [0.1, 0.15) is 0 Å². The number of hydrogen-bond donors (Lipinski definition) is 0. The van der Waals surface area contributed by atoms with E-state index in [0.717, 1.165) is 20.8 Å². The number of thioether (sulfide) groups is 1. The fraction of sp³-hybridized carbons (Fsp3) is 0.333. The van der Waals surface area contributed by atoms with Crippen LogP contribution < -0.4 is 38.3 Å². The van der Waals surface area contributed by atoms with Gasteiger partial charge in [-0.3, -0.25) is 4.58 Å². The van der Waals surface area contributed by atoms with Crippen LogP contribution in [-0.2, 0) is 0 Å². The number of halogens is 1. The maximum absolute atomic E-state index is 5.36. The highest BCUT2D eigenvalue weighted by Crippen LogP contribution is 2.30. The van der Waals surface area contributed by atoms with Crippen LogP contribution >= 0.6 is 44.7 Å². The summed E-state index contributed by atoms with van der Waals surface area (Å²) in [6.45, 7) is 0. The van der Waals surface area contributed by atoms with Crippen molar-refractivity contribution in [1.29, 1.82) is 0 Å². The molecule has 0 radical (unpaired) electrons. The zero-order valence-electron chi connectivity index (χ0n) is 14.6. The molecule has 0 N–H and O–H groups in total. The fourth-order valence-electron chi connectivity index (χ4n) is 1.70.